The fourth-order valence-electron chi connectivity index (χ4n) is 3.57. The number of nitrogens with zero attached hydrogens (tertiary/aromatic N) is 6. The molecule has 4 aromatic heterocycles. The van der Waals surface area contributed by atoms with Crippen LogP contribution >= 0.6 is 11.3 Å². The fourth-order valence-corrected chi connectivity index (χ4v) is 4.52. The van der Waals surface area contributed by atoms with Crippen LogP contribution in [0.2, 0.25) is 0 Å². The summed E-state index contributed by atoms with van der Waals surface area (Å²) in [5, 5.41) is 11.1. The van der Waals surface area contributed by atoms with Crippen LogP contribution in [0.4, 0.5) is 21.3 Å². The zero-order valence-electron chi connectivity index (χ0n) is 15.8. The number of H-pyrrole nitrogens is 1. The van der Waals surface area contributed by atoms with E-state index in [1.165, 1.54) is 12.8 Å². The summed E-state index contributed by atoms with van der Waals surface area (Å²) >= 11 is 1.54. The van der Waals surface area contributed by atoms with E-state index >= 15 is 0 Å². The van der Waals surface area contributed by atoms with E-state index in [1.54, 1.807) is 23.8 Å². The molecule has 0 aromatic carbocycles. The van der Waals surface area contributed by atoms with Gasteiger partial charge in [0, 0.05) is 23.8 Å². The fraction of sp³-hybridized carbons (Fsp3) is 0.316. The Morgan fingerprint density at radius 2 is 2.10 bits per heavy atom. The minimum Gasteiger partial charge on any atom is -0.448 e. The number of oxazole rings is 1. The topological polar surface area (TPSA) is 109 Å². The Bertz CT molecular complexity index is 1200. The molecule has 9 nitrogen and oxygen atoms in total. The number of hydrogen-bond donors (Lipinski definition) is 2. The van der Waals surface area contributed by atoms with Gasteiger partial charge in [0.1, 0.15) is 12.1 Å². The largest absolute Gasteiger partial charge is 0.448 e. The normalized spacial score (nSPS) is 15.6. The second-order valence-electron chi connectivity index (χ2n) is 7.40. The molecule has 5 heterocycles. The van der Waals surface area contributed by atoms with Gasteiger partial charge in [0.2, 0.25) is 5.95 Å². The van der Waals surface area contributed by atoms with Crippen molar-refractivity contribution in [3.8, 4) is 11.3 Å². The van der Waals surface area contributed by atoms with Gasteiger partial charge in [-0.25, -0.2) is 24.3 Å². The molecule has 0 saturated heterocycles. The first-order chi connectivity index (χ1) is 14.7. The first kappa shape index (κ1) is 17.5. The maximum Gasteiger partial charge on any atom is 0.229 e. The van der Waals surface area contributed by atoms with Crippen molar-refractivity contribution in [3.05, 3.63) is 47.1 Å². The summed E-state index contributed by atoms with van der Waals surface area (Å²) in [6.07, 6.45) is 8.96. The summed E-state index contributed by atoms with van der Waals surface area (Å²) in [7, 11) is 0. The Kier molecular flexibility index (Phi) is 4.01. The van der Waals surface area contributed by atoms with Crippen LogP contribution in [-0.4, -0.2) is 36.7 Å². The van der Waals surface area contributed by atoms with E-state index in [0.717, 1.165) is 58.9 Å². The summed E-state index contributed by atoms with van der Waals surface area (Å²) in [4.78, 5) is 20.6. The molecule has 1 fully saturated rings. The quantitative estimate of drug-likeness (QED) is 0.500. The Morgan fingerprint density at radius 3 is 2.93 bits per heavy atom. The second-order valence-corrected chi connectivity index (χ2v) is 8.48. The average Bonchev–Trinajstić information content (AvgIpc) is 3.16. The molecule has 4 aromatic rings. The van der Waals surface area contributed by atoms with Crippen LogP contribution in [0.3, 0.4) is 0 Å². The summed E-state index contributed by atoms with van der Waals surface area (Å²) in [5.74, 6) is 2.10. The molecule has 0 atom stereocenters. The van der Waals surface area contributed by atoms with Crippen molar-refractivity contribution >= 4 is 28.2 Å². The van der Waals surface area contributed by atoms with E-state index in [0.29, 0.717) is 23.5 Å². The smallest absolute Gasteiger partial charge is 0.229 e. The van der Waals surface area contributed by atoms with Crippen LogP contribution in [0.15, 0.2) is 29.3 Å². The molecule has 11 heteroatoms. The zero-order valence-corrected chi connectivity index (χ0v) is 16.6. The highest BCUT2D eigenvalue weighted by Crippen LogP contribution is 2.41. The number of aromatic amines is 1. The molecule has 1 aliphatic carbocycles. The third-order valence-electron chi connectivity index (χ3n) is 5.18. The van der Waals surface area contributed by atoms with E-state index in [4.69, 9.17) is 9.40 Å². The number of hydrogen-bond acceptors (Lipinski definition) is 9. The minimum atomic E-state index is -0.477. The van der Waals surface area contributed by atoms with E-state index in [9.17, 15) is 4.39 Å². The minimum absolute atomic E-state index is 0.312. The first-order valence-electron chi connectivity index (χ1n) is 9.70. The van der Waals surface area contributed by atoms with E-state index in [-0.39, 0.29) is 0 Å². The highest BCUT2D eigenvalue weighted by Gasteiger charge is 2.30. The van der Waals surface area contributed by atoms with Gasteiger partial charge < -0.3 is 14.6 Å². The molecule has 0 unspecified atom stereocenters. The van der Waals surface area contributed by atoms with Crippen molar-refractivity contribution < 1.29 is 8.81 Å². The van der Waals surface area contributed by atoms with Crippen molar-refractivity contribution in [1.29, 1.82) is 0 Å². The maximum atomic E-state index is 13.0. The van der Waals surface area contributed by atoms with E-state index < -0.39 is 5.82 Å². The first-order valence-corrected chi connectivity index (χ1v) is 10.5. The van der Waals surface area contributed by atoms with E-state index in [2.05, 4.69) is 35.4 Å². The van der Waals surface area contributed by atoms with Crippen molar-refractivity contribution in [3.63, 3.8) is 0 Å². The number of nitrogens with one attached hydrogen (secondary N) is 2. The molecule has 1 saturated carbocycles. The number of fused-ring (bicyclic) bond motifs is 3. The third-order valence-corrected chi connectivity index (χ3v) is 6.22. The molecule has 2 aliphatic rings. The van der Waals surface area contributed by atoms with Crippen LogP contribution in [0, 0.1) is 5.82 Å². The molecule has 1 aliphatic heterocycles. The number of rotatable bonds is 5. The van der Waals surface area contributed by atoms with Gasteiger partial charge >= 0.3 is 0 Å². The van der Waals surface area contributed by atoms with Gasteiger partial charge in [-0.05, 0) is 12.8 Å². The van der Waals surface area contributed by atoms with Crippen molar-refractivity contribution in [2.45, 2.75) is 31.7 Å². The number of aromatic nitrogens is 6. The SMILES string of the molecule is Fc1cnc(Nc2nc3c(s2)CCN(Cc2coc(C4CC4)n2)c2[nH]ncc2-3)nc1. The molecule has 0 bridgehead atoms. The predicted octanol–water partition coefficient (Wildman–Crippen LogP) is 3.63. The van der Waals surface area contributed by atoms with Crippen molar-refractivity contribution in [2.24, 2.45) is 0 Å². The van der Waals surface area contributed by atoms with Crippen LogP contribution < -0.4 is 10.2 Å². The van der Waals surface area contributed by atoms with Gasteiger partial charge in [-0.15, -0.1) is 11.3 Å². The molecular weight excluding hydrogens is 407 g/mol. The van der Waals surface area contributed by atoms with E-state index in [1.807, 2.05) is 0 Å². The lowest BCUT2D eigenvalue weighted by atomic mass is 10.2. The zero-order chi connectivity index (χ0) is 20.1. The standard InChI is InChI=1S/C19H17FN8OS/c20-11-5-21-18(22-6-11)26-19-25-15-13-7-23-27-16(13)28(4-3-14(15)30-19)8-12-9-29-17(24-12)10-1-2-10/h5-7,9-10H,1-4,8H2,(H,23,27)(H,21,22,25,26). The van der Waals surface area contributed by atoms with Crippen LogP contribution in [0.5, 0.6) is 0 Å². The van der Waals surface area contributed by atoms with Gasteiger partial charge in [0.25, 0.3) is 0 Å². The predicted molar refractivity (Wildman–Crippen MR) is 108 cm³/mol. The highest BCUT2D eigenvalue weighted by molar-refractivity contribution is 7.16. The Hall–Kier alpha value is -3.34. The molecule has 0 radical (unpaired) electrons. The second kappa shape index (κ2) is 6.87. The van der Waals surface area contributed by atoms with Gasteiger partial charge in [0.05, 0.1) is 42.1 Å². The molecule has 2 N–H and O–H groups in total. The number of anilines is 3. The lowest BCUT2D eigenvalue weighted by Gasteiger charge is -2.20. The Labute approximate surface area is 174 Å². The maximum absolute atomic E-state index is 13.0. The van der Waals surface area contributed by atoms with Gasteiger partial charge in [0.15, 0.2) is 16.8 Å². The van der Waals surface area contributed by atoms with Crippen LogP contribution in [-0.2, 0) is 13.0 Å². The summed E-state index contributed by atoms with van der Waals surface area (Å²) in [6, 6.07) is 0. The Balaban J connectivity index is 1.26. The summed E-state index contributed by atoms with van der Waals surface area (Å²) in [6.45, 7) is 1.44. The van der Waals surface area contributed by atoms with Crippen molar-refractivity contribution in [2.75, 3.05) is 16.8 Å². The summed E-state index contributed by atoms with van der Waals surface area (Å²) < 4.78 is 18.7. The number of thiazole rings is 1. The third kappa shape index (κ3) is 3.20. The van der Waals surface area contributed by atoms with Crippen molar-refractivity contribution in [1.82, 2.24) is 30.1 Å². The van der Waals surface area contributed by atoms with Gasteiger partial charge in [-0.1, -0.05) is 0 Å². The van der Waals surface area contributed by atoms with Crippen LogP contribution in [0.1, 0.15) is 35.2 Å². The Morgan fingerprint density at radius 1 is 1.23 bits per heavy atom. The lowest BCUT2D eigenvalue weighted by molar-refractivity contribution is 0.497. The van der Waals surface area contributed by atoms with Gasteiger partial charge in [-0.3, -0.25) is 5.10 Å². The molecule has 6 rings (SSSR count). The van der Waals surface area contributed by atoms with Gasteiger partial charge in [-0.2, -0.15) is 5.10 Å². The summed E-state index contributed by atoms with van der Waals surface area (Å²) in [5.41, 5.74) is 2.75. The highest BCUT2D eigenvalue weighted by atomic mass is 32.1. The monoisotopic (exact) mass is 424 g/mol. The molecule has 152 valence electrons. The molecule has 30 heavy (non-hydrogen) atoms. The molecular formula is C19H17FN8OS. The molecule has 0 spiro atoms. The lowest BCUT2D eigenvalue weighted by Crippen LogP contribution is -2.25. The molecule has 0 amide bonds. The van der Waals surface area contributed by atoms with Crippen LogP contribution in [0.25, 0.3) is 11.3 Å². The average molecular weight is 424 g/mol. The number of halogens is 1.